The average Bonchev–Trinajstić information content (AvgIpc) is 3.07. The van der Waals surface area contributed by atoms with E-state index in [9.17, 15) is 4.79 Å². The first-order valence-corrected chi connectivity index (χ1v) is 7.88. The maximum Gasteiger partial charge on any atom is 0.268 e. The van der Waals surface area contributed by atoms with E-state index in [0.29, 0.717) is 5.69 Å². The number of fused-ring (bicyclic) bond motifs is 1. The lowest BCUT2D eigenvalue weighted by atomic mass is 10.1. The Morgan fingerprint density at radius 3 is 2.71 bits per heavy atom. The SMILES string of the molecule is COc1ccc2cc(C(=O)N[C@@H](C)c3c(C)nn(C)c3C)[nH]c2c1. The monoisotopic (exact) mass is 326 g/mol. The number of ether oxygens (including phenoxy) is 1. The molecule has 0 fully saturated rings. The number of nitrogens with zero attached hydrogens (tertiary/aromatic N) is 2. The molecular weight excluding hydrogens is 304 g/mol. The molecule has 0 saturated carbocycles. The second-order valence-corrected chi connectivity index (χ2v) is 6.04. The number of aromatic nitrogens is 3. The molecule has 1 amide bonds. The highest BCUT2D eigenvalue weighted by Crippen LogP contribution is 2.23. The number of H-pyrrole nitrogens is 1. The summed E-state index contributed by atoms with van der Waals surface area (Å²) in [6.45, 7) is 5.94. The van der Waals surface area contributed by atoms with Gasteiger partial charge in [0.2, 0.25) is 0 Å². The van der Waals surface area contributed by atoms with Gasteiger partial charge in [-0.1, -0.05) is 0 Å². The van der Waals surface area contributed by atoms with Crippen molar-refractivity contribution in [3.8, 4) is 5.75 Å². The van der Waals surface area contributed by atoms with Crippen molar-refractivity contribution in [2.45, 2.75) is 26.8 Å². The van der Waals surface area contributed by atoms with Crippen LogP contribution in [0.1, 0.15) is 40.4 Å². The lowest BCUT2D eigenvalue weighted by molar-refractivity contribution is 0.0935. The van der Waals surface area contributed by atoms with Gasteiger partial charge < -0.3 is 15.0 Å². The van der Waals surface area contributed by atoms with Crippen LogP contribution in [0.4, 0.5) is 0 Å². The van der Waals surface area contributed by atoms with Crippen LogP contribution in [0.3, 0.4) is 0 Å². The summed E-state index contributed by atoms with van der Waals surface area (Å²) in [4.78, 5) is 15.7. The molecule has 6 nitrogen and oxygen atoms in total. The summed E-state index contributed by atoms with van der Waals surface area (Å²) in [5, 5.41) is 8.43. The number of hydrogen-bond donors (Lipinski definition) is 2. The zero-order chi connectivity index (χ0) is 17.4. The van der Waals surface area contributed by atoms with Crippen molar-refractivity contribution in [3.63, 3.8) is 0 Å². The van der Waals surface area contributed by atoms with Gasteiger partial charge in [-0.15, -0.1) is 0 Å². The molecule has 3 rings (SSSR count). The number of aryl methyl sites for hydroxylation is 2. The zero-order valence-corrected chi connectivity index (χ0v) is 14.6. The van der Waals surface area contributed by atoms with Gasteiger partial charge >= 0.3 is 0 Å². The molecule has 0 spiro atoms. The third-order valence-corrected chi connectivity index (χ3v) is 4.42. The predicted molar refractivity (Wildman–Crippen MR) is 93.4 cm³/mol. The minimum Gasteiger partial charge on any atom is -0.497 e. The molecule has 0 unspecified atom stereocenters. The lowest BCUT2D eigenvalue weighted by Gasteiger charge is -2.14. The summed E-state index contributed by atoms with van der Waals surface area (Å²) in [6, 6.07) is 7.42. The van der Waals surface area contributed by atoms with E-state index >= 15 is 0 Å². The summed E-state index contributed by atoms with van der Waals surface area (Å²) in [5.41, 5.74) is 4.46. The van der Waals surface area contributed by atoms with E-state index in [1.165, 1.54) is 0 Å². The molecule has 0 saturated heterocycles. The molecule has 24 heavy (non-hydrogen) atoms. The fourth-order valence-corrected chi connectivity index (χ4v) is 3.12. The van der Waals surface area contributed by atoms with Crippen LogP contribution in [0, 0.1) is 13.8 Å². The van der Waals surface area contributed by atoms with Gasteiger partial charge in [0.05, 0.1) is 18.8 Å². The standard InChI is InChI=1S/C18H22N4O2/c1-10(17-11(2)21-22(4)12(17)3)19-18(23)16-8-13-6-7-14(24-5)9-15(13)20-16/h6-10,20H,1-5H3,(H,19,23)/t10-/m0/s1. The Balaban J connectivity index is 1.84. The van der Waals surface area contributed by atoms with Crippen LogP contribution in [0.15, 0.2) is 24.3 Å². The molecule has 2 heterocycles. The van der Waals surface area contributed by atoms with Crippen molar-refractivity contribution in [2.24, 2.45) is 7.05 Å². The first kappa shape index (κ1) is 16.1. The number of nitrogens with one attached hydrogen (secondary N) is 2. The summed E-state index contributed by atoms with van der Waals surface area (Å²) >= 11 is 0. The normalized spacial score (nSPS) is 12.4. The van der Waals surface area contributed by atoms with E-state index in [0.717, 1.165) is 33.6 Å². The van der Waals surface area contributed by atoms with Gasteiger partial charge in [0.15, 0.2) is 0 Å². The minimum atomic E-state index is -0.139. The average molecular weight is 326 g/mol. The van der Waals surface area contributed by atoms with E-state index in [4.69, 9.17) is 4.74 Å². The second kappa shape index (κ2) is 6.03. The lowest BCUT2D eigenvalue weighted by Crippen LogP contribution is -2.27. The number of benzene rings is 1. The van der Waals surface area contributed by atoms with Crippen molar-refractivity contribution < 1.29 is 9.53 Å². The number of carbonyl (C=O) groups excluding carboxylic acids is 1. The number of amides is 1. The number of carbonyl (C=O) groups is 1. The maximum absolute atomic E-state index is 12.6. The van der Waals surface area contributed by atoms with E-state index in [1.54, 1.807) is 7.11 Å². The van der Waals surface area contributed by atoms with Crippen LogP contribution < -0.4 is 10.1 Å². The fourth-order valence-electron chi connectivity index (χ4n) is 3.12. The summed E-state index contributed by atoms with van der Waals surface area (Å²) in [7, 11) is 3.53. The molecule has 126 valence electrons. The quantitative estimate of drug-likeness (QED) is 0.774. The third-order valence-electron chi connectivity index (χ3n) is 4.42. The van der Waals surface area contributed by atoms with Crippen LogP contribution in [0.25, 0.3) is 10.9 Å². The Kier molecular flexibility index (Phi) is 4.05. The largest absolute Gasteiger partial charge is 0.497 e. The second-order valence-electron chi connectivity index (χ2n) is 6.04. The number of rotatable bonds is 4. The highest BCUT2D eigenvalue weighted by Gasteiger charge is 2.19. The van der Waals surface area contributed by atoms with Crippen LogP contribution in [0.5, 0.6) is 5.75 Å². The molecule has 0 bridgehead atoms. The van der Waals surface area contributed by atoms with E-state index in [2.05, 4.69) is 15.4 Å². The number of aromatic amines is 1. The van der Waals surface area contributed by atoms with Crippen molar-refractivity contribution in [1.82, 2.24) is 20.1 Å². The van der Waals surface area contributed by atoms with Crippen molar-refractivity contribution in [2.75, 3.05) is 7.11 Å². The molecule has 2 aromatic heterocycles. The van der Waals surface area contributed by atoms with E-state index in [1.807, 2.05) is 56.8 Å². The topological polar surface area (TPSA) is 71.9 Å². The van der Waals surface area contributed by atoms with E-state index in [-0.39, 0.29) is 11.9 Å². The molecule has 1 atom stereocenters. The van der Waals surface area contributed by atoms with Crippen LogP contribution in [-0.4, -0.2) is 27.8 Å². The van der Waals surface area contributed by atoms with Gasteiger partial charge in [-0.2, -0.15) is 5.10 Å². The third kappa shape index (κ3) is 2.75. The minimum absolute atomic E-state index is 0.118. The Morgan fingerprint density at radius 2 is 2.08 bits per heavy atom. The highest BCUT2D eigenvalue weighted by molar-refractivity contribution is 5.98. The number of methoxy groups -OCH3 is 1. The molecule has 1 aromatic carbocycles. The van der Waals surface area contributed by atoms with Crippen molar-refractivity contribution in [1.29, 1.82) is 0 Å². The Bertz CT molecular complexity index is 907. The van der Waals surface area contributed by atoms with Gasteiger partial charge in [0.1, 0.15) is 11.4 Å². The molecule has 0 aliphatic rings. The summed E-state index contributed by atoms with van der Waals surface area (Å²) in [6.07, 6.45) is 0. The maximum atomic E-state index is 12.6. The van der Waals surface area contributed by atoms with Crippen molar-refractivity contribution >= 4 is 16.8 Å². The number of hydrogen-bond acceptors (Lipinski definition) is 3. The van der Waals surface area contributed by atoms with Gasteiger partial charge in [-0.25, -0.2) is 0 Å². The van der Waals surface area contributed by atoms with Gasteiger partial charge in [-0.05, 0) is 39.0 Å². The Morgan fingerprint density at radius 1 is 1.33 bits per heavy atom. The van der Waals surface area contributed by atoms with Crippen molar-refractivity contribution in [3.05, 3.63) is 46.9 Å². The van der Waals surface area contributed by atoms with E-state index < -0.39 is 0 Å². The zero-order valence-electron chi connectivity index (χ0n) is 14.6. The fraction of sp³-hybridized carbons (Fsp3) is 0.333. The van der Waals surface area contributed by atoms with Crippen LogP contribution in [-0.2, 0) is 7.05 Å². The molecule has 0 radical (unpaired) electrons. The van der Waals surface area contributed by atoms with Crippen LogP contribution in [0.2, 0.25) is 0 Å². The summed E-state index contributed by atoms with van der Waals surface area (Å²) in [5.74, 6) is 0.617. The predicted octanol–water partition coefficient (Wildman–Crippen LogP) is 3.02. The molecule has 2 N–H and O–H groups in total. The molecule has 0 aliphatic heterocycles. The highest BCUT2D eigenvalue weighted by atomic mass is 16.5. The van der Waals surface area contributed by atoms with Gasteiger partial charge in [-0.3, -0.25) is 9.48 Å². The summed E-state index contributed by atoms with van der Waals surface area (Å²) < 4.78 is 7.05. The van der Waals surface area contributed by atoms with Gasteiger partial charge in [0.25, 0.3) is 5.91 Å². The Hall–Kier alpha value is -2.76. The van der Waals surface area contributed by atoms with Crippen LogP contribution >= 0.6 is 0 Å². The molecule has 3 aromatic rings. The molecule has 6 heteroatoms. The first-order chi connectivity index (χ1) is 11.4. The molecular formula is C18H22N4O2. The Labute approximate surface area is 140 Å². The molecule has 0 aliphatic carbocycles. The van der Waals surface area contributed by atoms with Gasteiger partial charge in [0, 0.05) is 35.3 Å². The first-order valence-electron chi connectivity index (χ1n) is 7.88. The smallest absolute Gasteiger partial charge is 0.268 e.